The number of aromatic amines is 1. The average Bonchev–Trinajstić information content (AvgIpc) is 3.06. The number of ether oxygens (including phenoxy) is 1. The second-order valence-corrected chi connectivity index (χ2v) is 8.14. The number of nitrogens with one attached hydrogen (secondary N) is 1. The van der Waals surface area contributed by atoms with E-state index in [1.54, 1.807) is 6.20 Å². The lowest BCUT2D eigenvalue weighted by atomic mass is 9.98. The molecule has 1 N–H and O–H groups in total. The molecule has 3 aromatic heterocycles. The van der Waals surface area contributed by atoms with E-state index in [9.17, 15) is 0 Å². The number of hydrogen-bond donors (Lipinski definition) is 1. The lowest BCUT2D eigenvalue weighted by Gasteiger charge is -2.21. The maximum Gasteiger partial charge on any atom is 0.214 e. The maximum atomic E-state index is 6.15. The molecule has 28 heavy (non-hydrogen) atoms. The summed E-state index contributed by atoms with van der Waals surface area (Å²) in [5.41, 5.74) is 7.22. The molecule has 0 amide bonds. The molecule has 0 spiro atoms. The Labute approximate surface area is 165 Å². The van der Waals surface area contributed by atoms with E-state index in [0.29, 0.717) is 5.88 Å². The van der Waals surface area contributed by atoms with Crippen molar-refractivity contribution < 1.29 is 4.74 Å². The summed E-state index contributed by atoms with van der Waals surface area (Å²) in [6, 6.07) is 14.5. The molecule has 1 aromatic carbocycles. The van der Waals surface area contributed by atoms with Gasteiger partial charge in [0.2, 0.25) is 5.88 Å². The van der Waals surface area contributed by atoms with Gasteiger partial charge in [-0.3, -0.25) is 0 Å². The Morgan fingerprint density at radius 2 is 1.79 bits per heavy atom. The number of fused-ring (bicyclic) bond motifs is 1. The van der Waals surface area contributed by atoms with Crippen LogP contribution >= 0.6 is 0 Å². The van der Waals surface area contributed by atoms with Crippen molar-refractivity contribution in [3.8, 4) is 28.3 Å². The lowest BCUT2D eigenvalue weighted by Crippen LogP contribution is -2.23. The Bertz CT molecular complexity index is 1150. The highest BCUT2D eigenvalue weighted by Gasteiger charge is 2.17. The van der Waals surface area contributed by atoms with Gasteiger partial charge in [0.05, 0.1) is 5.69 Å². The van der Waals surface area contributed by atoms with Crippen LogP contribution in [0, 0.1) is 13.8 Å². The van der Waals surface area contributed by atoms with E-state index in [2.05, 4.69) is 54.1 Å². The van der Waals surface area contributed by atoms with Crippen LogP contribution in [-0.2, 0) is 0 Å². The largest absolute Gasteiger partial charge is 0.472 e. The first-order valence-corrected chi connectivity index (χ1v) is 9.52. The second-order valence-electron chi connectivity index (χ2n) is 8.14. The van der Waals surface area contributed by atoms with Crippen LogP contribution < -0.4 is 4.74 Å². The van der Waals surface area contributed by atoms with Crippen LogP contribution in [0.15, 0.2) is 54.9 Å². The molecule has 4 rings (SSSR count). The second kappa shape index (κ2) is 6.79. The Balaban J connectivity index is 1.93. The molecule has 0 unspecified atom stereocenters. The zero-order valence-corrected chi connectivity index (χ0v) is 17.0. The van der Waals surface area contributed by atoms with Gasteiger partial charge in [0.15, 0.2) is 0 Å². The molecule has 142 valence electrons. The van der Waals surface area contributed by atoms with Crippen LogP contribution in [-0.4, -0.2) is 20.6 Å². The van der Waals surface area contributed by atoms with Gasteiger partial charge in [-0.2, -0.15) is 0 Å². The molecule has 0 atom stereocenters. The normalized spacial score (nSPS) is 11.8. The van der Waals surface area contributed by atoms with Gasteiger partial charge in [-0.05, 0) is 69.5 Å². The lowest BCUT2D eigenvalue weighted by molar-refractivity contribution is 0.124. The number of hydrogen-bond acceptors (Lipinski definition) is 3. The SMILES string of the molecule is Cc1cccc(-c2cc(-c3c[nH]c4ncccc34)cc(OC(C)(C)C)n2)c1C. The zero-order valence-electron chi connectivity index (χ0n) is 17.0. The summed E-state index contributed by atoms with van der Waals surface area (Å²) in [7, 11) is 0. The fourth-order valence-electron chi connectivity index (χ4n) is 3.39. The van der Waals surface area contributed by atoms with E-state index in [4.69, 9.17) is 9.72 Å². The summed E-state index contributed by atoms with van der Waals surface area (Å²) in [6.07, 6.45) is 3.80. The molecule has 4 heteroatoms. The number of pyridine rings is 2. The molecule has 0 radical (unpaired) electrons. The summed E-state index contributed by atoms with van der Waals surface area (Å²) >= 11 is 0. The number of benzene rings is 1. The summed E-state index contributed by atoms with van der Waals surface area (Å²) in [5, 5.41) is 1.09. The topological polar surface area (TPSA) is 50.8 Å². The minimum absolute atomic E-state index is 0.327. The Hall–Kier alpha value is -3.14. The summed E-state index contributed by atoms with van der Waals surface area (Å²) in [5.74, 6) is 0.624. The summed E-state index contributed by atoms with van der Waals surface area (Å²) < 4.78 is 6.15. The third-order valence-corrected chi connectivity index (χ3v) is 4.86. The van der Waals surface area contributed by atoms with Gasteiger partial charge >= 0.3 is 0 Å². The van der Waals surface area contributed by atoms with Crippen LogP contribution in [0.5, 0.6) is 5.88 Å². The molecule has 0 aliphatic rings. The Morgan fingerprint density at radius 1 is 0.964 bits per heavy atom. The van der Waals surface area contributed by atoms with E-state index < -0.39 is 0 Å². The van der Waals surface area contributed by atoms with E-state index in [0.717, 1.165) is 33.4 Å². The van der Waals surface area contributed by atoms with Crippen LogP contribution in [0.2, 0.25) is 0 Å². The molecule has 4 nitrogen and oxygen atoms in total. The molecular formula is C24H25N3O. The van der Waals surface area contributed by atoms with E-state index in [1.807, 2.05) is 39.1 Å². The van der Waals surface area contributed by atoms with Gasteiger partial charge in [0.1, 0.15) is 11.2 Å². The fourth-order valence-corrected chi connectivity index (χ4v) is 3.39. The molecule has 0 saturated heterocycles. The average molecular weight is 371 g/mol. The van der Waals surface area contributed by atoms with Crippen molar-refractivity contribution in [2.45, 2.75) is 40.2 Å². The van der Waals surface area contributed by atoms with Crippen molar-refractivity contribution in [3.05, 3.63) is 66.0 Å². The Morgan fingerprint density at radius 3 is 2.57 bits per heavy atom. The fraction of sp³-hybridized carbons (Fsp3) is 0.250. The van der Waals surface area contributed by atoms with E-state index in [1.165, 1.54) is 11.1 Å². The minimum atomic E-state index is -0.327. The van der Waals surface area contributed by atoms with Gasteiger partial charge in [0.25, 0.3) is 0 Å². The Kier molecular flexibility index (Phi) is 4.42. The van der Waals surface area contributed by atoms with Crippen LogP contribution in [0.4, 0.5) is 0 Å². The van der Waals surface area contributed by atoms with Crippen molar-refractivity contribution in [2.75, 3.05) is 0 Å². The monoisotopic (exact) mass is 371 g/mol. The molecule has 0 aliphatic heterocycles. The summed E-state index contributed by atoms with van der Waals surface area (Å²) in [6.45, 7) is 10.4. The van der Waals surface area contributed by atoms with Gasteiger partial charge in [-0.25, -0.2) is 9.97 Å². The van der Waals surface area contributed by atoms with Gasteiger partial charge < -0.3 is 9.72 Å². The molecule has 0 saturated carbocycles. The predicted molar refractivity (Wildman–Crippen MR) is 115 cm³/mol. The first-order chi connectivity index (χ1) is 13.3. The molecule has 0 fully saturated rings. The number of rotatable bonds is 3. The number of nitrogens with zero attached hydrogens (tertiary/aromatic N) is 2. The van der Waals surface area contributed by atoms with Crippen LogP contribution in [0.25, 0.3) is 33.4 Å². The highest BCUT2D eigenvalue weighted by molar-refractivity contribution is 5.94. The number of aromatic nitrogens is 3. The standard InChI is InChI=1S/C24H25N3O/c1-15-8-6-9-18(16(15)2)21-12-17(13-22(27-21)28-24(3,4)5)20-14-26-23-19(20)10-7-11-25-23/h6-14H,1-5H3,(H,25,26). The molecule has 4 aromatic rings. The van der Waals surface area contributed by atoms with Crippen molar-refractivity contribution in [1.82, 2.24) is 15.0 Å². The van der Waals surface area contributed by atoms with Crippen molar-refractivity contribution in [2.24, 2.45) is 0 Å². The van der Waals surface area contributed by atoms with E-state index >= 15 is 0 Å². The maximum absolute atomic E-state index is 6.15. The highest BCUT2D eigenvalue weighted by Crippen LogP contribution is 2.34. The van der Waals surface area contributed by atoms with Crippen molar-refractivity contribution >= 4 is 11.0 Å². The van der Waals surface area contributed by atoms with Crippen LogP contribution in [0.1, 0.15) is 31.9 Å². The van der Waals surface area contributed by atoms with Crippen molar-refractivity contribution in [3.63, 3.8) is 0 Å². The number of H-pyrrole nitrogens is 1. The molecule has 0 aliphatic carbocycles. The van der Waals surface area contributed by atoms with Gasteiger partial charge in [-0.15, -0.1) is 0 Å². The van der Waals surface area contributed by atoms with E-state index in [-0.39, 0.29) is 5.60 Å². The quantitative estimate of drug-likeness (QED) is 0.474. The third kappa shape index (κ3) is 3.50. The smallest absolute Gasteiger partial charge is 0.214 e. The summed E-state index contributed by atoms with van der Waals surface area (Å²) in [4.78, 5) is 12.5. The molecule has 3 heterocycles. The molecular weight excluding hydrogens is 346 g/mol. The first kappa shape index (κ1) is 18.2. The van der Waals surface area contributed by atoms with Crippen LogP contribution in [0.3, 0.4) is 0 Å². The number of aryl methyl sites for hydroxylation is 1. The third-order valence-electron chi connectivity index (χ3n) is 4.86. The first-order valence-electron chi connectivity index (χ1n) is 9.52. The predicted octanol–water partition coefficient (Wildman–Crippen LogP) is 6.09. The van der Waals surface area contributed by atoms with Crippen molar-refractivity contribution in [1.29, 1.82) is 0 Å². The van der Waals surface area contributed by atoms with Gasteiger partial charge in [-0.1, -0.05) is 18.2 Å². The highest BCUT2D eigenvalue weighted by atomic mass is 16.5. The molecule has 0 bridgehead atoms. The van der Waals surface area contributed by atoms with Gasteiger partial charge in [0, 0.05) is 35.0 Å². The minimum Gasteiger partial charge on any atom is -0.472 e. The zero-order chi connectivity index (χ0) is 19.9.